The molecule has 186 valence electrons. The lowest BCUT2D eigenvalue weighted by molar-refractivity contribution is -0.118. The predicted molar refractivity (Wildman–Crippen MR) is 137 cm³/mol. The molecule has 0 fully saturated rings. The lowest BCUT2D eigenvalue weighted by Crippen LogP contribution is -2.33. The second kappa shape index (κ2) is 11.8. The Morgan fingerprint density at radius 2 is 1.80 bits per heavy atom. The highest BCUT2D eigenvalue weighted by atomic mass is 32.2. The molecule has 0 aromatic heterocycles. The Balaban J connectivity index is 1.86. The van der Waals surface area contributed by atoms with E-state index in [1.165, 1.54) is 29.2 Å². The molecule has 3 rings (SSSR count). The van der Waals surface area contributed by atoms with Crippen molar-refractivity contribution in [2.24, 2.45) is 10.9 Å². The first-order valence-electron chi connectivity index (χ1n) is 11.0. The van der Waals surface area contributed by atoms with Crippen LogP contribution in [0.4, 0.5) is 20.2 Å². The standard InChI is InChI=1S/C25H28F2N4O3S/c1-16(2)14-28-22(32)15-35-25-29-21(13-17-5-7-18(8-6-17)30(3)4)23(33)31(25)19-9-11-20(12-10-19)34-24(26)27/h5-13,16,24H,14-15H2,1-4H3,(H,28,32). The molecule has 7 nitrogen and oxygen atoms in total. The first-order valence-corrected chi connectivity index (χ1v) is 12.0. The van der Waals surface area contributed by atoms with Crippen molar-refractivity contribution in [2.45, 2.75) is 20.5 Å². The summed E-state index contributed by atoms with van der Waals surface area (Å²) in [5.74, 6) is -0.183. The first kappa shape index (κ1) is 26.2. The molecular weight excluding hydrogens is 474 g/mol. The number of thioether (sulfide) groups is 1. The molecule has 0 atom stereocenters. The summed E-state index contributed by atoms with van der Waals surface area (Å²) in [6, 6.07) is 13.3. The smallest absolute Gasteiger partial charge is 0.387 e. The van der Waals surface area contributed by atoms with Crippen LogP contribution in [0, 0.1) is 5.92 Å². The molecule has 0 saturated heterocycles. The quantitative estimate of drug-likeness (QED) is 0.507. The van der Waals surface area contributed by atoms with Gasteiger partial charge in [0.25, 0.3) is 5.91 Å². The second-order valence-corrected chi connectivity index (χ2v) is 9.35. The number of hydrogen-bond donors (Lipinski definition) is 1. The number of ether oxygens (including phenoxy) is 1. The van der Waals surface area contributed by atoms with Gasteiger partial charge in [0.1, 0.15) is 11.4 Å². The fourth-order valence-electron chi connectivity index (χ4n) is 3.12. The minimum absolute atomic E-state index is 0.0219. The van der Waals surface area contributed by atoms with Gasteiger partial charge in [-0.2, -0.15) is 8.78 Å². The van der Waals surface area contributed by atoms with E-state index in [1.807, 2.05) is 57.1 Å². The first-order chi connectivity index (χ1) is 16.6. The number of rotatable bonds is 9. The Kier molecular flexibility index (Phi) is 8.86. The molecule has 10 heteroatoms. The molecular formula is C25H28F2N4O3S. The molecule has 2 aromatic carbocycles. The molecule has 2 amide bonds. The highest BCUT2D eigenvalue weighted by Gasteiger charge is 2.32. The van der Waals surface area contributed by atoms with E-state index >= 15 is 0 Å². The molecule has 1 heterocycles. The third-order valence-corrected chi connectivity index (χ3v) is 5.84. The van der Waals surface area contributed by atoms with Crippen LogP contribution in [-0.2, 0) is 9.59 Å². The van der Waals surface area contributed by atoms with Crippen LogP contribution in [0.25, 0.3) is 6.08 Å². The van der Waals surface area contributed by atoms with E-state index in [0.717, 1.165) is 23.0 Å². The number of hydrogen-bond acceptors (Lipinski definition) is 6. The molecule has 0 radical (unpaired) electrons. The summed E-state index contributed by atoms with van der Waals surface area (Å²) in [6.45, 7) is 1.60. The van der Waals surface area contributed by atoms with Gasteiger partial charge in [0.05, 0.1) is 11.4 Å². The molecule has 0 spiro atoms. The van der Waals surface area contributed by atoms with Gasteiger partial charge in [-0.15, -0.1) is 0 Å². The van der Waals surface area contributed by atoms with Crippen LogP contribution in [0.2, 0.25) is 0 Å². The van der Waals surface area contributed by atoms with Crippen molar-refractivity contribution in [3.8, 4) is 5.75 Å². The van der Waals surface area contributed by atoms with Crippen LogP contribution in [0.5, 0.6) is 5.75 Å². The van der Waals surface area contributed by atoms with Gasteiger partial charge < -0.3 is 15.0 Å². The van der Waals surface area contributed by atoms with Crippen LogP contribution in [0.1, 0.15) is 19.4 Å². The van der Waals surface area contributed by atoms with Crippen molar-refractivity contribution in [1.82, 2.24) is 5.32 Å². The van der Waals surface area contributed by atoms with Crippen LogP contribution in [0.15, 0.2) is 59.2 Å². The number of alkyl halides is 2. The number of nitrogens with zero attached hydrogens (tertiary/aromatic N) is 3. The van der Waals surface area contributed by atoms with Crippen molar-refractivity contribution in [3.63, 3.8) is 0 Å². The van der Waals surface area contributed by atoms with Gasteiger partial charge in [-0.1, -0.05) is 37.7 Å². The number of amidine groups is 1. The molecule has 35 heavy (non-hydrogen) atoms. The second-order valence-electron chi connectivity index (χ2n) is 8.41. The van der Waals surface area contributed by atoms with Crippen molar-refractivity contribution >= 4 is 46.2 Å². The maximum Gasteiger partial charge on any atom is 0.387 e. The summed E-state index contributed by atoms with van der Waals surface area (Å²) in [6.07, 6.45) is 1.68. The number of halogens is 2. The third-order valence-electron chi connectivity index (χ3n) is 4.90. The van der Waals surface area contributed by atoms with Gasteiger partial charge in [-0.25, -0.2) is 4.99 Å². The van der Waals surface area contributed by atoms with Crippen LogP contribution < -0.4 is 19.9 Å². The number of carbonyl (C=O) groups excluding carboxylic acids is 2. The van der Waals surface area contributed by atoms with Gasteiger partial charge in [0, 0.05) is 26.3 Å². The largest absolute Gasteiger partial charge is 0.435 e. The highest BCUT2D eigenvalue weighted by Crippen LogP contribution is 2.31. The zero-order chi connectivity index (χ0) is 25.5. The Bertz CT molecular complexity index is 1100. The minimum atomic E-state index is -2.94. The number of aliphatic imine (C=N–C) groups is 1. The number of benzene rings is 2. The lowest BCUT2D eigenvalue weighted by Gasteiger charge is -2.18. The van der Waals surface area contributed by atoms with E-state index in [0.29, 0.717) is 23.3 Å². The zero-order valence-electron chi connectivity index (χ0n) is 20.0. The van der Waals surface area contributed by atoms with Crippen molar-refractivity contribution in [1.29, 1.82) is 0 Å². The average molecular weight is 503 g/mol. The molecule has 2 aromatic rings. The molecule has 1 N–H and O–H groups in total. The highest BCUT2D eigenvalue weighted by molar-refractivity contribution is 8.14. The van der Waals surface area contributed by atoms with E-state index in [-0.39, 0.29) is 29.0 Å². The van der Waals surface area contributed by atoms with E-state index in [1.54, 1.807) is 6.08 Å². The van der Waals surface area contributed by atoms with Crippen LogP contribution in [-0.4, -0.2) is 50.0 Å². The Morgan fingerprint density at radius 1 is 1.14 bits per heavy atom. The maximum atomic E-state index is 13.3. The number of carbonyl (C=O) groups is 2. The topological polar surface area (TPSA) is 74.2 Å². The molecule has 0 unspecified atom stereocenters. The Morgan fingerprint density at radius 3 is 2.37 bits per heavy atom. The van der Waals surface area contributed by atoms with Gasteiger partial charge in [0.15, 0.2) is 5.17 Å². The van der Waals surface area contributed by atoms with Crippen molar-refractivity contribution in [3.05, 3.63) is 59.8 Å². The molecule has 1 aliphatic rings. The minimum Gasteiger partial charge on any atom is -0.435 e. The van der Waals surface area contributed by atoms with Gasteiger partial charge in [-0.3, -0.25) is 14.5 Å². The molecule has 0 aliphatic carbocycles. The fourth-order valence-corrected chi connectivity index (χ4v) is 3.97. The van der Waals surface area contributed by atoms with Crippen molar-refractivity contribution < 1.29 is 23.1 Å². The number of amides is 2. The van der Waals surface area contributed by atoms with E-state index in [4.69, 9.17) is 0 Å². The van der Waals surface area contributed by atoms with Crippen LogP contribution >= 0.6 is 11.8 Å². The lowest BCUT2D eigenvalue weighted by atomic mass is 10.1. The number of nitrogens with one attached hydrogen (secondary N) is 1. The summed E-state index contributed by atoms with van der Waals surface area (Å²) in [7, 11) is 3.88. The van der Waals surface area contributed by atoms with E-state index < -0.39 is 6.61 Å². The summed E-state index contributed by atoms with van der Waals surface area (Å²) >= 11 is 1.13. The van der Waals surface area contributed by atoms with E-state index in [9.17, 15) is 18.4 Å². The van der Waals surface area contributed by atoms with E-state index in [2.05, 4.69) is 15.0 Å². The number of anilines is 2. The molecule has 0 bridgehead atoms. The van der Waals surface area contributed by atoms with Crippen LogP contribution in [0.3, 0.4) is 0 Å². The fraction of sp³-hybridized carbons (Fsp3) is 0.320. The third kappa shape index (κ3) is 7.29. The predicted octanol–water partition coefficient (Wildman–Crippen LogP) is 4.60. The molecule has 0 saturated carbocycles. The summed E-state index contributed by atoms with van der Waals surface area (Å²) < 4.78 is 29.4. The normalized spacial score (nSPS) is 14.6. The summed E-state index contributed by atoms with van der Waals surface area (Å²) in [5, 5.41) is 3.17. The summed E-state index contributed by atoms with van der Waals surface area (Å²) in [4.78, 5) is 33.4. The Labute approximate surface area is 207 Å². The van der Waals surface area contributed by atoms with Crippen molar-refractivity contribution in [2.75, 3.05) is 36.2 Å². The monoisotopic (exact) mass is 502 g/mol. The molecule has 1 aliphatic heterocycles. The summed E-state index contributed by atoms with van der Waals surface area (Å²) in [5.41, 5.74) is 2.45. The maximum absolute atomic E-state index is 13.3. The van der Waals surface area contributed by atoms with Gasteiger partial charge in [-0.05, 0) is 54.0 Å². The average Bonchev–Trinajstić information content (AvgIpc) is 3.11. The SMILES string of the molecule is CC(C)CNC(=O)CSC1=NC(=Cc2ccc(N(C)C)cc2)C(=O)N1c1ccc(OC(F)F)cc1. The van der Waals surface area contributed by atoms with Gasteiger partial charge in [0.2, 0.25) is 5.91 Å². The Hall–Kier alpha value is -3.40. The zero-order valence-corrected chi connectivity index (χ0v) is 20.8. The van der Waals surface area contributed by atoms with Gasteiger partial charge >= 0.3 is 6.61 Å².